The highest BCUT2D eigenvalue weighted by molar-refractivity contribution is 5.69. The summed E-state index contributed by atoms with van der Waals surface area (Å²) in [7, 11) is 0. The summed E-state index contributed by atoms with van der Waals surface area (Å²) >= 11 is 0. The molecule has 0 saturated heterocycles. The summed E-state index contributed by atoms with van der Waals surface area (Å²) in [5.74, 6) is 4.06. The molecule has 0 amide bonds. The largest absolute Gasteiger partial charge is 0.481 e. The van der Waals surface area contributed by atoms with Crippen LogP contribution in [0.2, 0.25) is 0 Å². The molecule has 9 atom stereocenters. The van der Waals surface area contributed by atoms with E-state index in [0.29, 0.717) is 35.6 Å². The zero-order valence-corrected chi connectivity index (χ0v) is 19.2. The first-order valence-electron chi connectivity index (χ1n) is 12.7. The van der Waals surface area contributed by atoms with E-state index in [9.17, 15) is 9.90 Å². The van der Waals surface area contributed by atoms with Gasteiger partial charge >= 0.3 is 5.97 Å². The Labute approximate surface area is 178 Å². The van der Waals surface area contributed by atoms with Crippen LogP contribution >= 0.6 is 0 Å². The van der Waals surface area contributed by atoms with E-state index in [1.54, 1.807) is 0 Å². The Morgan fingerprint density at radius 3 is 2.48 bits per heavy atom. The predicted molar refractivity (Wildman–Crippen MR) is 118 cm³/mol. The molecule has 4 rings (SSSR count). The van der Waals surface area contributed by atoms with Crippen LogP contribution < -0.4 is 5.73 Å². The molecule has 0 aliphatic heterocycles. The Kier molecular flexibility index (Phi) is 6.10. The first-order chi connectivity index (χ1) is 13.8. The molecular weight excluding hydrogens is 358 g/mol. The number of aliphatic carboxylic acids is 1. The summed E-state index contributed by atoms with van der Waals surface area (Å²) in [4.78, 5) is 11.7. The summed E-state index contributed by atoms with van der Waals surface area (Å²) < 4.78 is 0. The van der Waals surface area contributed by atoms with Crippen molar-refractivity contribution in [2.45, 2.75) is 97.8 Å². The summed E-state index contributed by atoms with van der Waals surface area (Å²) in [6.07, 6.45) is 15.8. The number of carboxylic acid groups (broad SMARTS) is 1. The molecular formula is C26H45NO2. The van der Waals surface area contributed by atoms with Crippen LogP contribution in [0.3, 0.4) is 0 Å². The van der Waals surface area contributed by atoms with E-state index in [0.717, 1.165) is 30.1 Å². The van der Waals surface area contributed by atoms with E-state index in [1.165, 1.54) is 64.2 Å². The van der Waals surface area contributed by atoms with E-state index >= 15 is 0 Å². The third kappa shape index (κ3) is 3.58. The molecule has 29 heavy (non-hydrogen) atoms. The molecule has 3 nitrogen and oxygen atoms in total. The van der Waals surface area contributed by atoms with Crippen molar-refractivity contribution in [2.75, 3.05) is 6.54 Å². The van der Waals surface area contributed by atoms with Gasteiger partial charge in [0.25, 0.3) is 0 Å². The molecule has 166 valence electrons. The maximum absolute atomic E-state index is 11.7. The smallest absolute Gasteiger partial charge is 0.306 e. The molecule has 0 bridgehead atoms. The number of hydrogen-bond acceptors (Lipinski definition) is 2. The molecule has 0 aromatic rings. The quantitative estimate of drug-likeness (QED) is 0.562. The average molecular weight is 404 g/mol. The zero-order chi connectivity index (χ0) is 20.8. The van der Waals surface area contributed by atoms with Crippen molar-refractivity contribution < 1.29 is 9.90 Å². The van der Waals surface area contributed by atoms with E-state index in [1.807, 2.05) is 0 Å². The lowest BCUT2D eigenvalue weighted by atomic mass is 9.44. The molecule has 0 heterocycles. The van der Waals surface area contributed by atoms with Crippen LogP contribution in [0.4, 0.5) is 0 Å². The maximum atomic E-state index is 11.7. The Bertz CT molecular complexity index is 606. The second-order valence-electron chi connectivity index (χ2n) is 12.0. The summed E-state index contributed by atoms with van der Waals surface area (Å²) in [5.41, 5.74) is 6.75. The van der Waals surface area contributed by atoms with Crippen molar-refractivity contribution >= 4 is 5.97 Å². The second kappa shape index (κ2) is 8.17. The van der Waals surface area contributed by atoms with Crippen molar-refractivity contribution in [1.29, 1.82) is 0 Å². The summed E-state index contributed by atoms with van der Waals surface area (Å²) in [6, 6.07) is 0. The topological polar surface area (TPSA) is 63.3 Å². The van der Waals surface area contributed by atoms with Gasteiger partial charge in [0.1, 0.15) is 0 Å². The van der Waals surface area contributed by atoms with Gasteiger partial charge in [-0.15, -0.1) is 0 Å². The highest BCUT2D eigenvalue weighted by Crippen LogP contribution is 2.68. The van der Waals surface area contributed by atoms with Gasteiger partial charge in [-0.05, 0) is 117 Å². The number of hydrogen-bond donors (Lipinski definition) is 2. The standard InChI is InChI=1S/C26H45NO2/c1-17(16-18(12-15-27)24(28)29)21-9-10-22-20-8-7-19-6-4-5-13-25(19,2)23(20)11-14-26(21,22)3/h17-23H,4-16,27H2,1-3H3,(H,28,29)/t17-,18?,19+,20+,21-,22+,23+,25+,26-/m1/s1. The Hall–Kier alpha value is -0.570. The van der Waals surface area contributed by atoms with Gasteiger partial charge in [0.05, 0.1) is 5.92 Å². The lowest BCUT2D eigenvalue weighted by Crippen LogP contribution is -2.53. The number of rotatable bonds is 6. The maximum Gasteiger partial charge on any atom is 0.306 e. The van der Waals surface area contributed by atoms with E-state index < -0.39 is 5.97 Å². The lowest BCUT2D eigenvalue weighted by Gasteiger charge is -2.61. The van der Waals surface area contributed by atoms with Crippen molar-refractivity contribution in [3.63, 3.8) is 0 Å². The summed E-state index contributed by atoms with van der Waals surface area (Å²) in [5, 5.41) is 9.63. The molecule has 4 saturated carbocycles. The third-order valence-electron chi connectivity index (χ3n) is 10.9. The SMILES string of the molecule is C[C@H](CC(CCN)C(=O)O)[C@H]1CC[C@H]2[C@@H]3CC[C@@H]4CCCC[C@]4(C)[C@H]3CC[C@]12C. The van der Waals surface area contributed by atoms with Gasteiger partial charge in [0, 0.05) is 0 Å². The van der Waals surface area contributed by atoms with Crippen molar-refractivity contribution in [3.05, 3.63) is 0 Å². The highest BCUT2D eigenvalue weighted by atomic mass is 16.4. The molecule has 0 aromatic carbocycles. The van der Waals surface area contributed by atoms with Crippen LogP contribution in [-0.2, 0) is 4.79 Å². The van der Waals surface area contributed by atoms with Crippen LogP contribution in [0.15, 0.2) is 0 Å². The Morgan fingerprint density at radius 2 is 1.76 bits per heavy atom. The van der Waals surface area contributed by atoms with Crippen molar-refractivity contribution in [2.24, 2.45) is 58.0 Å². The predicted octanol–water partition coefficient (Wildman–Crippen LogP) is 6.11. The van der Waals surface area contributed by atoms with Gasteiger partial charge in [-0.1, -0.05) is 33.6 Å². The molecule has 4 fully saturated rings. The average Bonchev–Trinajstić information content (AvgIpc) is 3.04. The van der Waals surface area contributed by atoms with Gasteiger partial charge in [-0.3, -0.25) is 4.79 Å². The molecule has 1 unspecified atom stereocenters. The first-order valence-corrected chi connectivity index (χ1v) is 12.7. The van der Waals surface area contributed by atoms with Crippen LogP contribution in [0.1, 0.15) is 97.8 Å². The fraction of sp³-hybridized carbons (Fsp3) is 0.962. The third-order valence-corrected chi connectivity index (χ3v) is 10.9. The molecule has 4 aliphatic rings. The van der Waals surface area contributed by atoms with Gasteiger partial charge in [-0.2, -0.15) is 0 Å². The number of fused-ring (bicyclic) bond motifs is 5. The number of carboxylic acids is 1. The van der Waals surface area contributed by atoms with Gasteiger partial charge in [0.15, 0.2) is 0 Å². The van der Waals surface area contributed by atoms with E-state index in [-0.39, 0.29) is 5.92 Å². The Balaban J connectivity index is 1.49. The van der Waals surface area contributed by atoms with Crippen molar-refractivity contribution in [3.8, 4) is 0 Å². The van der Waals surface area contributed by atoms with Gasteiger partial charge in [-0.25, -0.2) is 0 Å². The minimum absolute atomic E-state index is 0.259. The molecule has 0 aromatic heterocycles. The van der Waals surface area contributed by atoms with Gasteiger partial charge < -0.3 is 10.8 Å². The normalized spacial score (nSPS) is 46.3. The molecule has 0 spiro atoms. The van der Waals surface area contributed by atoms with Crippen LogP contribution in [0.25, 0.3) is 0 Å². The molecule has 3 N–H and O–H groups in total. The van der Waals surface area contributed by atoms with E-state index in [4.69, 9.17) is 5.73 Å². The Morgan fingerprint density at radius 1 is 1.00 bits per heavy atom. The van der Waals surface area contributed by atoms with Crippen LogP contribution in [-0.4, -0.2) is 17.6 Å². The van der Waals surface area contributed by atoms with Crippen LogP contribution in [0, 0.1) is 52.3 Å². The number of nitrogens with two attached hydrogens (primary N) is 1. The van der Waals surface area contributed by atoms with Crippen LogP contribution in [0.5, 0.6) is 0 Å². The van der Waals surface area contributed by atoms with Crippen molar-refractivity contribution in [1.82, 2.24) is 0 Å². The van der Waals surface area contributed by atoms with Gasteiger partial charge in [0.2, 0.25) is 0 Å². The molecule has 3 heteroatoms. The minimum Gasteiger partial charge on any atom is -0.481 e. The lowest BCUT2D eigenvalue weighted by molar-refractivity contribution is -0.143. The fourth-order valence-electron chi connectivity index (χ4n) is 9.43. The monoisotopic (exact) mass is 403 g/mol. The second-order valence-corrected chi connectivity index (χ2v) is 12.0. The molecule has 0 radical (unpaired) electrons. The highest BCUT2D eigenvalue weighted by Gasteiger charge is 2.60. The minimum atomic E-state index is -0.644. The fourth-order valence-corrected chi connectivity index (χ4v) is 9.43. The first kappa shape index (κ1) is 21.7. The zero-order valence-electron chi connectivity index (χ0n) is 19.2. The van der Waals surface area contributed by atoms with E-state index in [2.05, 4.69) is 20.8 Å². The number of carbonyl (C=O) groups is 1. The molecule has 4 aliphatic carbocycles. The summed E-state index contributed by atoms with van der Waals surface area (Å²) in [6.45, 7) is 8.08.